The Kier molecular flexibility index (Phi) is 5.94. The molecule has 0 atom stereocenters. The van der Waals surface area contributed by atoms with E-state index in [1.54, 1.807) is 35.9 Å². The van der Waals surface area contributed by atoms with Gasteiger partial charge in [-0.25, -0.2) is 13.1 Å². The Labute approximate surface area is 180 Å². The number of sulfonamides is 1. The van der Waals surface area contributed by atoms with Crippen molar-refractivity contribution in [3.8, 4) is 22.6 Å². The van der Waals surface area contributed by atoms with E-state index in [1.807, 2.05) is 54.1 Å². The van der Waals surface area contributed by atoms with Gasteiger partial charge in [-0.05, 0) is 82.9 Å². The Bertz CT molecular complexity index is 1240. The molecule has 4 rings (SSSR count). The number of ether oxygens (including phenoxy) is 1. The molecule has 0 spiro atoms. The fourth-order valence-corrected chi connectivity index (χ4v) is 4.62. The first-order valence-electron chi connectivity index (χ1n) is 9.30. The van der Waals surface area contributed by atoms with Crippen LogP contribution in [0.15, 0.2) is 88.7 Å². The number of nitrogens with zero attached hydrogens (tertiary/aromatic N) is 1. The van der Waals surface area contributed by atoms with Gasteiger partial charge in [0.1, 0.15) is 11.5 Å². The van der Waals surface area contributed by atoms with Crippen LogP contribution >= 0.6 is 11.3 Å². The lowest BCUT2D eigenvalue weighted by molar-refractivity contribution is 0.481. The van der Waals surface area contributed by atoms with Gasteiger partial charge >= 0.3 is 0 Å². The predicted molar refractivity (Wildman–Crippen MR) is 119 cm³/mol. The summed E-state index contributed by atoms with van der Waals surface area (Å²) in [7, 11) is -3.65. The average molecular weight is 437 g/mol. The first-order chi connectivity index (χ1) is 14.5. The summed E-state index contributed by atoms with van der Waals surface area (Å²) in [5.41, 5.74) is 3.92. The van der Waals surface area contributed by atoms with E-state index in [-0.39, 0.29) is 11.4 Å². The second-order valence-electron chi connectivity index (χ2n) is 6.81. The molecule has 2 aromatic carbocycles. The van der Waals surface area contributed by atoms with Crippen molar-refractivity contribution in [2.24, 2.45) is 0 Å². The second kappa shape index (κ2) is 8.79. The van der Waals surface area contributed by atoms with E-state index in [1.165, 1.54) is 12.1 Å². The molecule has 2 heterocycles. The normalized spacial score (nSPS) is 11.4. The van der Waals surface area contributed by atoms with Crippen molar-refractivity contribution in [2.45, 2.75) is 18.4 Å². The number of nitrogens with one attached hydrogen (secondary N) is 1. The van der Waals surface area contributed by atoms with Gasteiger partial charge in [-0.2, -0.15) is 11.3 Å². The van der Waals surface area contributed by atoms with Crippen LogP contribution in [-0.4, -0.2) is 13.4 Å². The summed E-state index contributed by atoms with van der Waals surface area (Å²) in [5, 5.41) is 4.03. The summed E-state index contributed by atoms with van der Waals surface area (Å²) in [6.45, 7) is 2.15. The molecule has 0 radical (unpaired) electrons. The SMILES string of the molecule is Cc1cccc(Oc2ccc(S(=O)(=O)NCc3cncc(-c4ccsc4)c3)cc2)c1. The summed E-state index contributed by atoms with van der Waals surface area (Å²) >= 11 is 1.61. The van der Waals surface area contributed by atoms with Crippen LogP contribution in [-0.2, 0) is 16.6 Å². The molecule has 4 aromatic rings. The smallest absolute Gasteiger partial charge is 0.240 e. The van der Waals surface area contributed by atoms with Crippen molar-refractivity contribution >= 4 is 21.4 Å². The third-order valence-corrected chi connectivity index (χ3v) is 6.58. The van der Waals surface area contributed by atoms with Gasteiger partial charge in [-0.3, -0.25) is 4.98 Å². The number of rotatable bonds is 7. The molecule has 0 bridgehead atoms. The largest absolute Gasteiger partial charge is 0.457 e. The quantitative estimate of drug-likeness (QED) is 0.422. The zero-order chi connectivity index (χ0) is 21.0. The summed E-state index contributed by atoms with van der Waals surface area (Å²) in [6.07, 6.45) is 3.43. The van der Waals surface area contributed by atoms with E-state index in [9.17, 15) is 8.42 Å². The third kappa shape index (κ3) is 4.94. The molecule has 0 fully saturated rings. The zero-order valence-electron chi connectivity index (χ0n) is 16.3. The number of hydrogen-bond acceptors (Lipinski definition) is 5. The Balaban J connectivity index is 1.43. The van der Waals surface area contributed by atoms with Crippen LogP contribution in [0.1, 0.15) is 11.1 Å². The van der Waals surface area contributed by atoms with Crippen LogP contribution in [0.25, 0.3) is 11.1 Å². The van der Waals surface area contributed by atoms with Crippen molar-refractivity contribution in [1.82, 2.24) is 9.71 Å². The summed E-state index contributed by atoms with van der Waals surface area (Å²) in [5.74, 6) is 1.29. The highest BCUT2D eigenvalue weighted by molar-refractivity contribution is 7.89. The molecule has 152 valence electrons. The molecule has 0 amide bonds. The minimum absolute atomic E-state index is 0.162. The predicted octanol–water partition coefficient (Wildman–Crippen LogP) is 5.39. The fourth-order valence-electron chi connectivity index (χ4n) is 2.93. The van der Waals surface area contributed by atoms with Crippen LogP contribution in [0.5, 0.6) is 11.5 Å². The summed E-state index contributed by atoms with van der Waals surface area (Å²) < 4.78 is 33.7. The van der Waals surface area contributed by atoms with Crippen LogP contribution < -0.4 is 9.46 Å². The molecule has 0 aliphatic rings. The third-order valence-electron chi connectivity index (χ3n) is 4.47. The highest BCUT2D eigenvalue weighted by Gasteiger charge is 2.14. The summed E-state index contributed by atoms with van der Waals surface area (Å²) in [6, 6.07) is 18.0. The molecule has 0 saturated heterocycles. The molecular formula is C23H20N2O3S2. The first-order valence-corrected chi connectivity index (χ1v) is 11.7. The van der Waals surface area contributed by atoms with Crippen LogP contribution in [0.3, 0.4) is 0 Å². The van der Waals surface area contributed by atoms with E-state index in [4.69, 9.17) is 4.74 Å². The molecular weight excluding hydrogens is 416 g/mol. The fraction of sp³-hybridized carbons (Fsp3) is 0.0870. The number of aryl methyl sites for hydroxylation is 1. The van der Waals surface area contributed by atoms with E-state index >= 15 is 0 Å². The van der Waals surface area contributed by atoms with Gasteiger partial charge in [0.25, 0.3) is 0 Å². The van der Waals surface area contributed by atoms with Crippen molar-refractivity contribution in [3.05, 3.63) is 94.9 Å². The minimum Gasteiger partial charge on any atom is -0.457 e. The van der Waals surface area contributed by atoms with E-state index < -0.39 is 10.0 Å². The van der Waals surface area contributed by atoms with Gasteiger partial charge < -0.3 is 4.74 Å². The lowest BCUT2D eigenvalue weighted by atomic mass is 10.1. The Morgan fingerprint density at radius 1 is 0.967 bits per heavy atom. The molecule has 0 saturated carbocycles. The molecule has 1 N–H and O–H groups in total. The van der Waals surface area contributed by atoms with Gasteiger partial charge in [0, 0.05) is 24.5 Å². The zero-order valence-corrected chi connectivity index (χ0v) is 17.9. The lowest BCUT2D eigenvalue weighted by Gasteiger charge is -2.10. The van der Waals surface area contributed by atoms with Crippen LogP contribution in [0, 0.1) is 6.92 Å². The van der Waals surface area contributed by atoms with Crippen molar-refractivity contribution in [2.75, 3.05) is 0 Å². The van der Waals surface area contributed by atoms with Crippen LogP contribution in [0.4, 0.5) is 0 Å². The molecule has 0 aliphatic carbocycles. The Hall–Kier alpha value is -3.00. The molecule has 0 unspecified atom stereocenters. The van der Waals surface area contributed by atoms with Gasteiger partial charge in [-0.15, -0.1) is 0 Å². The van der Waals surface area contributed by atoms with Gasteiger partial charge in [-0.1, -0.05) is 12.1 Å². The van der Waals surface area contributed by atoms with Crippen molar-refractivity contribution < 1.29 is 13.2 Å². The summed E-state index contributed by atoms with van der Waals surface area (Å²) in [4.78, 5) is 4.41. The van der Waals surface area contributed by atoms with Gasteiger partial charge in [0.2, 0.25) is 10.0 Å². The molecule has 5 nitrogen and oxygen atoms in total. The number of thiophene rings is 1. The van der Waals surface area contributed by atoms with Gasteiger partial charge in [0.05, 0.1) is 4.90 Å². The van der Waals surface area contributed by atoms with Crippen LogP contribution in [0.2, 0.25) is 0 Å². The molecule has 30 heavy (non-hydrogen) atoms. The molecule has 7 heteroatoms. The Morgan fingerprint density at radius 2 is 1.80 bits per heavy atom. The highest BCUT2D eigenvalue weighted by Crippen LogP contribution is 2.24. The Morgan fingerprint density at radius 3 is 2.53 bits per heavy atom. The van der Waals surface area contributed by atoms with Crippen molar-refractivity contribution in [1.29, 1.82) is 0 Å². The highest BCUT2D eigenvalue weighted by atomic mass is 32.2. The molecule has 2 aromatic heterocycles. The first kappa shape index (κ1) is 20.3. The maximum Gasteiger partial charge on any atom is 0.240 e. The maximum atomic E-state index is 12.7. The number of pyridine rings is 1. The van der Waals surface area contributed by atoms with E-state index in [0.717, 1.165) is 22.3 Å². The number of benzene rings is 2. The number of aromatic nitrogens is 1. The van der Waals surface area contributed by atoms with E-state index in [2.05, 4.69) is 9.71 Å². The topological polar surface area (TPSA) is 68.3 Å². The average Bonchev–Trinajstić information content (AvgIpc) is 3.28. The number of hydrogen-bond donors (Lipinski definition) is 1. The van der Waals surface area contributed by atoms with Crippen molar-refractivity contribution in [3.63, 3.8) is 0 Å². The lowest BCUT2D eigenvalue weighted by Crippen LogP contribution is -2.23. The molecule has 0 aliphatic heterocycles. The maximum absolute atomic E-state index is 12.7. The minimum atomic E-state index is -3.65. The standard InChI is InChI=1S/C23H20N2O3S2/c1-17-3-2-4-22(11-17)28-21-5-7-23(8-6-21)30(26,27)25-14-18-12-20(15-24-13-18)19-9-10-29-16-19/h2-13,15-16,25H,14H2,1H3. The monoisotopic (exact) mass is 436 g/mol. The van der Waals surface area contributed by atoms with E-state index in [0.29, 0.717) is 11.5 Å². The second-order valence-corrected chi connectivity index (χ2v) is 9.36. The van der Waals surface area contributed by atoms with Gasteiger partial charge in [0.15, 0.2) is 0 Å².